The predicted molar refractivity (Wildman–Crippen MR) is 113 cm³/mol. The molecular weight excluding hydrogens is 377 g/mol. The fourth-order valence-corrected chi connectivity index (χ4v) is 4.16. The SMILES string of the molecule is O=C1c2[nH]nc(-c3ccccc3)c2C(c2cccc(F)c2)N1CCc1ccccc1. The van der Waals surface area contributed by atoms with Crippen LogP contribution in [0.1, 0.15) is 33.2 Å². The quantitative estimate of drug-likeness (QED) is 0.515. The van der Waals surface area contributed by atoms with E-state index >= 15 is 0 Å². The molecule has 1 atom stereocenters. The van der Waals surface area contributed by atoms with Crippen molar-refractivity contribution in [2.45, 2.75) is 12.5 Å². The van der Waals surface area contributed by atoms with Crippen molar-refractivity contribution in [3.05, 3.63) is 113 Å². The van der Waals surface area contributed by atoms with E-state index in [1.165, 1.54) is 12.1 Å². The van der Waals surface area contributed by atoms with Crippen molar-refractivity contribution in [3.8, 4) is 11.3 Å². The highest BCUT2D eigenvalue weighted by Gasteiger charge is 2.41. The van der Waals surface area contributed by atoms with E-state index in [0.717, 1.165) is 34.4 Å². The second-order valence-corrected chi connectivity index (χ2v) is 7.42. The molecule has 0 aliphatic carbocycles. The van der Waals surface area contributed by atoms with E-state index in [-0.39, 0.29) is 17.8 Å². The minimum atomic E-state index is -0.388. The highest BCUT2D eigenvalue weighted by Crippen LogP contribution is 2.42. The van der Waals surface area contributed by atoms with Crippen LogP contribution in [-0.2, 0) is 6.42 Å². The third kappa shape index (κ3) is 3.18. The smallest absolute Gasteiger partial charge is 0.273 e. The number of carbonyl (C=O) groups is 1. The molecule has 148 valence electrons. The number of amides is 1. The van der Waals surface area contributed by atoms with Gasteiger partial charge in [-0.15, -0.1) is 0 Å². The molecule has 2 heterocycles. The largest absolute Gasteiger partial charge is 0.326 e. The molecule has 4 nitrogen and oxygen atoms in total. The second-order valence-electron chi connectivity index (χ2n) is 7.42. The third-order valence-electron chi connectivity index (χ3n) is 5.56. The first-order chi connectivity index (χ1) is 14.7. The molecule has 0 spiro atoms. The van der Waals surface area contributed by atoms with Crippen molar-refractivity contribution in [1.82, 2.24) is 15.1 Å². The van der Waals surface area contributed by atoms with Crippen molar-refractivity contribution < 1.29 is 9.18 Å². The summed E-state index contributed by atoms with van der Waals surface area (Å²) >= 11 is 0. The van der Waals surface area contributed by atoms with E-state index in [0.29, 0.717) is 12.2 Å². The second kappa shape index (κ2) is 7.59. The van der Waals surface area contributed by atoms with Crippen molar-refractivity contribution in [2.75, 3.05) is 6.54 Å². The molecule has 5 heteroatoms. The number of benzene rings is 3. The summed E-state index contributed by atoms with van der Waals surface area (Å²) in [6, 6.07) is 25.9. The van der Waals surface area contributed by atoms with Crippen LogP contribution in [0.4, 0.5) is 4.39 Å². The first-order valence-corrected chi connectivity index (χ1v) is 9.96. The molecule has 0 saturated carbocycles. The molecule has 1 N–H and O–H groups in total. The van der Waals surface area contributed by atoms with Crippen LogP contribution in [-0.4, -0.2) is 27.5 Å². The number of halogens is 1. The number of hydrogen-bond donors (Lipinski definition) is 1. The fourth-order valence-electron chi connectivity index (χ4n) is 4.16. The molecule has 1 aliphatic heterocycles. The molecule has 1 aromatic heterocycles. The van der Waals surface area contributed by atoms with Crippen molar-refractivity contribution >= 4 is 5.91 Å². The van der Waals surface area contributed by atoms with Crippen molar-refractivity contribution in [3.63, 3.8) is 0 Å². The monoisotopic (exact) mass is 397 g/mol. The number of nitrogens with one attached hydrogen (secondary N) is 1. The minimum Gasteiger partial charge on any atom is -0.326 e. The number of nitrogens with zero attached hydrogens (tertiary/aromatic N) is 2. The van der Waals surface area contributed by atoms with Gasteiger partial charge in [0, 0.05) is 17.7 Å². The molecule has 1 aliphatic rings. The number of carbonyl (C=O) groups excluding carboxylic acids is 1. The predicted octanol–water partition coefficient (Wildman–Crippen LogP) is 5.00. The van der Waals surface area contributed by atoms with Gasteiger partial charge in [0.1, 0.15) is 11.5 Å². The Morgan fingerprint density at radius 3 is 2.40 bits per heavy atom. The number of hydrogen-bond acceptors (Lipinski definition) is 2. The van der Waals surface area contributed by atoms with Crippen LogP contribution < -0.4 is 0 Å². The van der Waals surface area contributed by atoms with Gasteiger partial charge in [-0.1, -0.05) is 72.8 Å². The van der Waals surface area contributed by atoms with Crippen LogP contribution >= 0.6 is 0 Å². The van der Waals surface area contributed by atoms with Gasteiger partial charge >= 0.3 is 0 Å². The van der Waals surface area contributed by atoms with E-state index in [9.17, 15) is 9.18 Å². The first-order valence-electron chi connectivity index (χ1n) is 9.96. The molecule has 0 fully saturated rings. The Morgan fingerprint density at radius 2 is 1.67 bits per heavy atom. The Hall–Kier alpha value is -3.73. The maximum Gasteiger partial charge on any atom is 0.273 e. The molecule has 1 unspecified atom stereocenters. The van der Waals surface area contributed by atoms with Gasteiger partial charge in [-0.25, -0.2) is 4.39 Å². The van der Waals surface area contributed by atoms with Gasteiger partial charge < -0.3 is 4.90 Å². The number of H-pyrrole nitrogens is 1. The van der Waals surface area contributed by atoms with Crippen LogP contribution in [0.15, 0.2) is 84.9 Å². The third-order valence-corrected chi connectivity index (χ3v) is 5.56. The van der Waals surface area contributed by atoms with Gasteiger partial charge in [-0.3, -0.25) is 9.89 Å². The van der Waals surface area contributed by atoms with Crippen molar-refractivity contribution in [2.24, 2.45) is 0 Å². The van der Waals surface area contributed by atoms with Crippen LogP contribution in [0, 0.1) is 5.82 Å². The molecule has 30 heavy (non-hydrogen) atoms. The Labute approximate surface area is 174 Å². The number of aromatic amines is 1. The zero-order valence-electron chi connectivity index (χ0n) is 16.3. The normalized spacial score (nSPS) is 15.4. The summed E-state index contributed by atoms with van der Waals surface area (Å²) in [5.74, 6) is -0.425. The van der Waals surface area contributed by atoms with Crippen LogP contribution in [0.3, 0.4) is 0 Å². The topological polar surface area (TPSA) is 49.0 Å². The molecule has 0 radical (unpaired) electrons. The Balaban J connectivity index is 1.59. The van der Waals surface area contributed by atoms with E-state index in [2.05, 4.69) is 10.2 Å². The van der Waals surface area contributed by atoms with E-state index in [1.807, 2.05) is 71.6 Å². The molecule has 4 aromatic rings. The van der Waals surface area contributed by atoms with Gasteiger partial charge in [-0.2, -0.15) is 5.10 Å². The van der Waals surface area contributed by atoms with Crippen LogP contribution in [0.25, 0.3) is 11.3 Å². The summed E-state index contributed by atoms with van der Waals surface area (Å²) in [4.78, 5) is 15.1. The Kier molecular flexibility index (Phi) is 4.64. The molecule has 3 aromatic carbocycles. The van der Waals surface area contributed by atoms with E-state index < -0.39 is 0 Å². The molecule has 1 amide bonds. The maximum atomic E-state index is 14.1. The lowest BCUT2D eigenvalue weighted by atomic mass is 9.96. The molecule has 0 saturated heterocycles. The lowest BCUT2D eigenvalue weighted by molar-refractivity contribution is 0.0745. The summed E-state index contributed by atoms with van der Waals surface area (Å²) in [6.07, 6.45) is 0.719. The molecular formula is C25H20FN3O. The summed E-state index contributed by atoms with van der Waals surface area (Å²) in [5.41, 5.74) is 4.85. The highest BCUT2D eigenvalue weighted by molar-refractivity contribution is 6.00. The molecule has 5 rings (SSSR count). The van der Waals surface area contributed by atoms with E-state index in [4.69, 9.17) is 0 Å². The lowest BCUT2D eigenvalue weighted by Gasteiger charge is -2.26. The minimum absolute atomic E-state index is 0.107. The van der Waals surface area contributed by atoms with Gasteiger partial charge in [0.2, 0.25) is 0 Å². The first kappa shape index (κ1) is 18.3. The Morgan fingerprint density at radius 1 is 0.933 bits per heavy atom. The summed E-state index contributed by atoms with van der Waals surface area (Å²) in [6.45, 7) is 0.529. The number of rotatable bonds is 5. The van der Waals surface area contributed by atoms with Gasteiger partial charge in [0.25, 0.3) is 5.91 Å². The average molecular weight is 397 g/mol. The van der Waals surface area contributed by atoms with Gasteiger partial charge in [0.05, 0.1) is 11.7 Å². The zero-order chi connectivity index (χ0) is 20.5. The highest BCUT2D eigenvalue weighted by atomic mass is 19.1. The van der Waals surface area contributed by atoms with Crippen LogP contribution in [0.5, 0.6) is 0 Å². The number of aromatic nitrogens is 2. The summed E-state index contributed by atoms with van der Waals surface area (Å²) in [5, 5.41) is 7.39. The van der Waals surface area contributed by atoms with Gasteiger partial charge in [0.15, 0.2) is 0 Å². The average Bonchev–Trinajstić information content (AvgIpc) is 3.32. The number of fused-ring (bicyclic) bond motifs is 1. The fraction of sp³-hybridized carbons (Fsp3) is 0.120. The summed E-state index contributed by atoms with van der Waals surface area (Å²) < 4.78 is 14.1. The van der Waals surface area contributed by atoms with Crippen molar-refractivity contribution in [1.29, 1.82) is 0 Å². The lowest BCUT2D eigenvalue weighted by Crippen LogP contribution is -2.31. The van der Waals surface area contributed by atoms with Gasteiger partial charge in [-0.05, 0) is 29.7 Å². The molecule has 0 bridgehead atoms. The zero-order valence-corrected chi connectivity index (χ0v) is 16.3. The van der Waals surface area contributed by atoms with Crippen LogP contribution in [0.2, 0.25) is 0 Å². The van der Waals surface area contributed by atoms with E-state index in [1.54, 1.807) is 6.07 Å². The summed E-state index contributed by atoms with van der Waals surface area (Å²) in [7, 11) is 0. The maximum absolute atomic E-state index is 14.1. The Bertz CT molecular complexity index is 1190. The standard InChI is InChI=1S/C25H20FN3O/c26-20-13-7-12-19(16-20)24-21-22(18-10-5-2-6-11-18)27-28-23(21)25(30)29(24)15-14-17-8-3-1-4-9-17/h1-13,16,24H,14-15H2,(H,27,28).